The van der Waals surface area contributed by atoms with Crippen LogP contribution >= 0.6 is 22.9 Å². The van der Waals surface area contributed by atoms with E-state index in [1.165, 1.54) is 17.4 Å². The molecule has 2 fully saturated rings. The van der Waals surface area contributed by atoms with Crippen molar-refractivity contribution < 1.29 is 22.7 Å². The van der Waals surface area contributed by atoms with Crippen molar-refractivity contribution in [2.75, 3.05) is 13.1 Å². The number of benzene rings is 1. The first-order chi connectivity index (χ1) is 19.8. The number of nitrogens with zero attached hydrogens (tertiary/aromatic N) is 5. The van der Waals surface area contributed by atoms with Gasteiger partial charge in [0.2, 0.25) is 5.88 Å². The number of piperidine rings is 1. The second kappa shape index (κ2) is 10.3. The number of likely N-dealkylation sites (tertiary alicyclic amines) is 1. The molecule has 42 heavy (non-hydrogen) atoms. The minimum atomic E-state index is -4.51. The molecule has 2 unspecified atom stereocenters. The first kappa shape index (κ1) is 28.5. The lowest BCUT2D eigenvalue weighted by Gasteiger charge is -2.22. The standard InChI is InChI=1S/C29H26ClF3N6O2S/c1-14-24(42-26(37-14)25-35-7-4-8-36-25)27(40)39-12-18-19(13-39)23(18)41-22-11-16(28(2,3)34)10-21(38-22)17-6-5-15(9-20(17)30)29(31,32)33/h4-11,18-19,23H,12-13,34H2,1-3H3. The van der Waals surface area contributed by atoms with Gasteiger partial charge in [0.15, 0.2) is 10.8 Å². The molecule has 1 aromatic carbocycles. The number of halogens is 4. The van der Waals surface area contributed by atoms with Crippen LogP contribution in [0.25, 0.3) is 22.1 Å². The normalized spacial score (nSPS) is 20.0. The third-order valence-electron chi connectivity index (χ3n) is 7.53. The summed E-state index contributed by atoms with van der Waals surface area (Å²) in [6.45, 7) is 6.49. The minimum absolute atomic E-state index is 0.0759. The summed E-state index contributed by atoms with van der Waals surface area (Å²) in [4.78, 5) is 33.2. The van der Waals surface area contributed by atoms with Gasteiger partial charge in [-0.3, -0.25) is 4.79 Å². The van der Waals surface area contributed by atoms with Gasteiger partial charge in [0.05, 0.1) is 22.0 Å². The Balaban J connectivity index is 1.18. The molecule has 1 aliphatic heterocycles. The van der Waals surface area contributed by atoms with E-state index in [2.05, 4.69) is 19.9 Å². The van der Waals surface area contributed by atoms with E-state index in [0.717, 1.165) is 12.1 Å². The van der Waals surface area contributed by atoms with Crippen LogP contribution in [0.2, 0.25) is 5.02 Å². The Labute approximate surface area is 248 Å². The van der Waals surface area contributed by atoms with Crippen LogP contribution in [0, 0.1) is 18.8 Å². The summed E-state index contributed by atoms with van der Waals surface area (Å²) in [5, 5.41) is 0.521. The molecule has 1 aliphatic carbocycles. The number of hydrogen-bond donors (Lipinski definition) is 1. The Morgan fingerprint density at radius 2 is 1.76 bits per heavy atom. The molecule has 1 saturated carbocycles. The molecule has 13 heteroatoms. The molecule has 8 nitrogen and oxygen atoms in total. The molecule has 6 rings (SSSR count). The lowest BCUT2D eigenvalue weighted by molar-refractivity contribution is -0.137. The average Bonchev–Trinajstić information content (AvgIpc) is 3.25. The summed E-state index contributed by atoms with van der Waals surface area (Å²) in [6, 6.07) is 8.33. The zero-order valence-electron chi connectivity index (χ0n) is 22.8. The van der Waals surface area contributed by atoms with Gasteiger partial charge in [0, 0.05) is 54.5 Å². The summed E-state index contributed by atoms with van der Waals surface area (Å²) in [6.07, 6.45) is -1.39. The maximum atomic E-state index is 13.3. The van der Waals surface area contributed by atoms with Gasteiger partial charge in [-0.15, -0.1) is 11.3 Å². The number of pyridine rings is 1. The zero-order valence-corrected chi connectivity index (χ0v) is 24.4. The number of hydrogen-bond acceptors (Lipinski definition) is 8. The van der Waals surface area contributed by atoms with Gasteiger partial charge < -0.3 is 15.4 Å². The summed E-state index contributed by atoms with van der Waals surface area (Å²) in [5.74, 6) is 0.972. The fourth-order valence-electron chi connectivity index (χ4n) is 5.17. The number of amides is 1. The molecule has 0 spiro atoms. The van der Waals surface area contributed by atoms with E-state index in [4.69, 9.17) is 22.1 Å². The molecular formula is C29H26ClF3N6O2S. The van der Waals surface area contributed by atoms with Gasteiger partial charge in [-0.25, -0.2) is 19.9 Å². The van der Waals surface area contributed by atoms with Crippen molar-refractivity contribution in [3.05, 3.63) is 75.5 Å². The number of carbonyl (C=O) groups excluding carboxylic acids is 1. The summed E-state index contributed by atoms with van der Waals surface area (Å²) in [5.41, 5.74) is 6.79. The number of aryl methyl sites for hydroxylation is 1. The second-order valence-electron chi connectivity index (χ2n) is 11.1. The van der Waals surface area contributed by atoms with Gasteiger partial charge >= 0.3 is 6.18 Å². The molecule has 4 aromatic rings. The second-order valence-corrected chi connectivity index (χ2v) is 12.5. The molecule has 1 saturated heterocycles. The average molecular weight is 615 g/mol. The molecule has 4 heterocycles. The van der Waals surface area contributed by atoms with Crippen LogP contribution in [-0.2, 0) is 11.7 Å². The molecule has 2 aliphatic rings. The van der Waals surface area contributed by atoms with Gasteiger partial charge in [-0.1, -0.05) is 17.7 Å². The van der Waals surface area contributed by atoms with E-state index < -0.39 is 17.3 Å². The molecular weight excluding hydrogens is 589 g/mol. The molecule has 0 bridgehead atoms. The van der Waals surface area contributed by atoms with E-state index in [1.54, 1.807) is 37.5 Å². The van der Waals surface area contributed by atoms with Crippen LogP contribution in [0.4, 0.5) is 13.2 Å². The number of rotatable bonds is 6. The highest BCUT2D eigenvalue weighted by Gasteiger charge is 2.59. The van der Waals surface area contributed by atoms with E-state index in [1.807, 2.05) is 18.7 Å². The molecule has 218 valence electrons. The third kappa shape index (κ3) is 5.46. The SMILES string of the molecule is Cc1nc(-c2ncccn2)sc1C(=O)N1CC2C(C1)C2Oc1cc(C(C)(C)N)cc(-c2ccc(C(F)(F)F)cc2Cl)n1. The quantitative estimate of drug-likeness (QED) is 0.284. The molecule has 1 amide bonds. The van der Waals surface area contributed by atoms with Crippen LogP contribution in [0.3, 0.4) is 0 Å². The maximum Gasteiger partial charge on any atom is 0.416 e. The summed E-state index contributed by atoms with van der Waals surface area (Å²) >= 11 is 7.55. The van der Waals surface area contributed by atoms with Crippen LogP contribution in [0.1, 0.15) is 40.3 Å². The third-order valence-corrected chi connectivity index (χ3v) is 8.98. The number of nitrogens with two attached hydrogens (primary N) is 1. The number of thiazole rings is 1. The fourth-order valence-corrected chi connectivity index (χ4v) is 6.43. The van der Waals surface area contributed by atoms with E-state index in [9.17, 15) is 18.0 Å². The highest BCUT2D eigenvalue weighted by molar-refractivity contribution is 7.17. The van der Waals surface area contributed by atoms with Crippen LogP contribution in [0.5, 0.6) is 5.88 Å². The summed E-state index contributed by atoms with van der Waals surface area (Å²) in [7, 11) is 0. The fraction of sp³-hybridized carbons (Fsp3) is 0.345. The zero-order chi connectivity index (χ0) is 30.0. The smallest absolute Gasteiger partial charge is 0.416 e. The van der Waals surface area contributed by atoms with Crippen molar-refractivity contribution >= 4 is 28.8 Å². The summed E-state index contributed by atoms with van der Waals surface area (Å²) < 4.78 is 45.8. The van der Waals surface area contributed by atoms with E-state index in [-0.39, 0.29) is 28.9 Å². The lowest BCUT2D eigenvalue weighted by Crippen LogP contribution is -2.33. The topological polar surface area (TPSA) is 107 Å². The predicted molar refractivity (Wildman–Crippen MR) is 152 cm³/mol. The van der Waals surface area contributed by atoms with Gasteiger partial charge in [-0.05, 0) is 50.6 Å². The van der Waals surface area contributed by atoms with Crippen LogP contribution < -0.4 is 10.5 Å². The van der Waals surface area contributed by atoms with Crippen molar-refractivity contribution in [1.82, 2.24) is 24.8 Å². The Kier molecular flexibility index (Phi) is 6.98. The monoisotopic (exact) mass is 614 g/mol. The van der Waals surface area contributed by atoms with Crippen molar-refractivity contribution in [2.45, 2.75) is 38.6 Å². The van der Waals surface area contributed by atoms with Crippen molar-refractivity contribution in [2.24, 2.45) is 17.6 Å². The highest BCUT2D eigenvalue weighted by atomic mass is 35.5. The maximum absolute atomic E-state index is 13.3. The Morgan fingerprint density at radius 1 is 1.07 bits per heavy atom. The van der Waals surface area contributed by atoms with Gasteiger partial charge in [0.1, 0.15) is 11.0 Å². The molecule has 2 atom stereocenters. The van der Waals surface area contributed by atoms with Gasteiger partial charge in [0.25, 0.3) is 5.91 Å². The van der Waals surface area contributed by atoms with Crippen molar-refractivity contribution in [3.8, 4) is 28.0 Å². The van der Waals surface area contributed by atoms with Crippen molar-refractivity contribution in [3.63, 3.8) is 0 Å². The van der Waals surface area contributed by atoms with Crippen LogP contribution in [0.15, 0.2) is 48.8 Å². The predicted octanol–water partition coefficient (Wildman–Crippen LogP) is 5.99. The van der Waals surface area contributed by atoms with Crippen molar-refractivity contribution in [1.29, 1.82) is 0 Å². The number of aromatic nitrogens is 4. The lowest BCUT2D eigenvalue weighted by atomic mass is 9.94. The highest BCUT2D eigenvalue weighted by Crippen LogP contribution is 2.49. The Bertz CT molecular complexity index is 1660. The molecule has 0 radical (unpaired) electrons. The van der Waals surface area contributed by atoms with Gasteiger partial charge in [-0.2, -0.15) is 13.2 Å². The van der Waals surface area contributed by atoms with E-state index in [0.29, 0.717) is 57.2 Å². The Morgan fingerprint density at radius 3 is 2.38 bits per heavy atom. The Hall–Kier alpha value is -3.61. The molecule has 3 aromatic heterocycles. The minimum Gasteiger partial charge on any atom is -0.474 e. The number of alkyl halides is 3. The van der Waals surface area contributed by atoms with Crippen LogP contribution in [-0.4, -0.2) is 49.9 Å². The number of fused-ring (bicyclic) bond motifs is 1. The number of ether oxygens (including phenoxy) is 1. The first-order valence-electron chi connectivity index (χ1n) is 13.2. The van der Waals surface area contributed by atoms with E-state index >= 15 is 0 Å². The molecule has 2 N–H and O–H groups in total. The first-order valence-corrected chi connectivity index (χ1v) is 14.4. The number of carbonyl (C=O) groups is 1. The largest absolute Gasteiger partial charge is 0.474 e.